The number of rotatable bonds is 3. The van der Waals surface area contributed by atoms with Crippen LogP contribution in [-0.2, 0) is 4.79 Å². The van der Waals surface area contributed by atoms with Gasteiger partial charge in [0, 0.05) is 18.5 Å². The molecule has 22 heavy (non-hydrogen) atoms. The van der Waals surface area contributed by atoms with Crippen LogP contribution in [0, 0.1) is 6.92 Å². The summed E-state index contributed by atoms with van der Waals surface area (Å²) in [5.41, 5.74) is 2.37. The van der Waals surface area contributed by atoms with E-state index in [0.29, 0.717) is 30.0 Å². The lowest BCUT2D eigenvalue weighted by Gasteiger charge is -2.28. The van der Waals surface area contributed by atoms with E-state index in [-0.39, 0.29) is 18.3 Å². The molecule has 0 saturated carbocycles. The second-order valence-electron chi connectivity index (χ2n) is 5.34. The second kappa shape index (κ2) is 6.02. The first-order valence-electron chi connectivity index (χ1n) is 7.27. The van der Waals surface area contributed by atoms with E-state index in [9.17, 15) is 9.59 Å². The number of benzene rings is 2. The highest BCUT2D eigenvalue weighted by Gasteiger charge is 2.26. The van der Waals surface area contributed by atoms with Gasteiger partial charge in [-0.3, -0.25) is 9.59 Å². The van der Waals surface area contributed by atoms with Gasteiger partial charge in [0.15, 0.2) is 12.4 Å². The topological polar surface area (TPSA) is 46.6 Å². The van der Waals surface area contributed by atoms with E-state index in [2.05, 4.69) is 0 Å². The van der Waals surface area contributed by atoms with E-state index in [0.717, 1.165) is 5.56 Å². The van der Waals surface area contributed by atoms with Crippen molar-refractivity contribution in [3.05, 3.63) is 59.7 Å². The average molecular weight is 295 g/mol. The van der Waals surface area contributed by atoms with E-state index in [1.807, 2.05) is 43.3 Å². The molecule has 1 amide bonds. The molecule has 1 aliphatic rings. The van der Waals surface area contributed by atoms with Crippen LogP contribution in [0.25, 0.3) is 0 Å². The lowest BCUT2D eigenvalue weighted by molar-refractivity contribution is -0.120. The number of carbonyl (C=O) groups is 2. The van der Waals surface area contributed by atoms with Crippen LogP contribution in [0.1, 0.15) is 22.3 Å². The van der Waals surface area contributed by atoms with Gasteiger partial charge in [0.1, 0.15) is 5.75 Å². The van der Waals surface area contributed by atoms with E-state index < -0.39 is 0 Å². The maximum absolute atomic E-state index is 12.4. The number of carbonyl (C=O) groups excluding carboxylic acids is 2. The number of nitrogens with zero attached hydrogens (tertiary/aromatic N) is 1. The zero-order valence-corrected chi connectivity index (χ0v) is 12.4. The quantitative estimate of drug-likeness (QED) is 0.874. The number of Topliss-reactive ketones (excluding diaryl/α,β-unsaturated/α-hetero) is 1. The lowest BCUT2D eigenvalue weighted by Crippen LogP contribution is -2.40. The maximum atomic E-state index is 12.4. The van der Waals surface area contributed by atoms with Crippen molar-refractivity contribution >= 4 is 17.4 Å². The van der Waals surface area contributed by atoms with Crippen molar-refractivity contribution in [3.8, 4) is 5.75 Å². The zero-order chi connectivity index (χ0) is 15.5. The van der Waals surface area contributed by atoms with Crippen molar-refractivity contribution in [3.63, 3.8) is 0 Å². The van der Waals surface area contributed by atoms with Crippen molar-refractivity contribution in [2.24, 2.45) is 0 Å². The average Bonchev–Trinajstić information content (AvgIpc) is 2.53. The number of ketones is 1. The number of aryl methyl sites for hydroxylation is 1. The molecule has 0 bridgehead atoms. The largest absolute Gasteiger partial charge is 0.484 e. The lowest BCUT2D eigenvalue weighted by atomic mass is 10.0. The third kappa shape index (κ3) is 2.86. The molecule has 4 heteroatoms. The van der Waals surface area contributed by atoms with Crippen LogP contribution in [0.15, 0.2) is 48.5 Å². The first-order valence-corrected chi connectivity index (χ1v) is 7.27. The fraction of sp³-hybridized carbons (Fsp3) is 0.222. The van der Waals surface area contributed by atoms with Crippen LogP contribution in [0.3, 0.4) is 0 Å². The Balaban J connectivity index is 1.73. The summed E-state index contributed by atoms with van der Waals surface area (Å²) in [6.07, 6.45) is 0.354. The molecule has 2 aromatic carbocycles. The number of amides is 1. The minimum absolute atomic E-state index is 0.0357. The van der Waals surface area contributed by atoms with Crippen LogP contribution >= 0.6 is 0 Å². The van der Waals surface area contributed by atoms with Gasteiger partial charge in [-0.2, -0.15) is 0 Å². The summed E-state index contributed by atoms with van der Waals surface area (Å²) in [5, 5.41) is 0. The summed E-state index contributed by atoms with van der Waals surface area (Å²) in [6, 6.07) is 14.8. The van der Waals surface area contributed by atoms with E-state index in [4.69, 9.17) is 4.74 Å². The van der Waals surface area contributed by atoms with Crippen LogP contribution in [0.2, 0.25) is 0 Å². The first kappa shape index (κ1) is 14.3. The van der Waals surface area contributed by atoms with Gasteiger partial charge in [0.2, 0.25) is 0 Å². The Morgan fingerprint density at radius 3 is 2.82 bits per heavy atom. The summed E-state index contributed by atoms with van der Waals surface area (Å²) in [7, 11) is 0. The number of anilines is 1. The Bertz CT molecular complexity index is 724. The van der Waals surface area contributed by atoms with Gasteiger partial charge in [-0.15, -0.1) is 0 Å². The van der Waals surface area contributed by atoms with E-state index >= 15 is 0 Å². The first-order chi connectivity index (χ1) is 10.6. The highest BCUT2D eigenvalue weighted by atomic mass is 16.5. The summed E-state index contributed by atoms with van der Waals surface area (Å²) >= 11 is 0. The minimum Gasteiger partial charge on any atom is -0.484 e. The number of hydrogen-bond acceptors (Lipinski definition) is 3. The van der Waals surface area contributed by atoms with E-state index in [1.54, 1.807) is 17.0 Å². The third-order valence-electron chi connectivity index (χ3n) is 3.71. The smallest absolute Gasteiger partial charge is 0.264 e. The number of ether oxygens (including phenoxy) is 1. The van der Waals surface area contributed by atoms with Crippen molar-refractivity contribution < 1.29 is 14.3 Å². The molecule has 0 unspecified atom stereocenters. The highest BCUT2D eigenvalue weighted by Crippen LogP contribution is 2.26. The molecule has 0 spiro atoms. The van der Waals surface area contributed by atoms with Crippen LogP contribution in [0.4, 0.5) is 5.69 Å². The summed E-state index contributed by atoms with van der Waals surface area (Å²) in [6.45, 7) is 2.35. The predicted molar refractivity (Wildman–Crippen MR) is 84.4 cm³/mol. The van der Waals surface area contributed by atoms with Gasteiger partial charge in [-0.25, -0.2) is 0 Å². The van der Waals surface area contributed by atoms with Crippen LogP contribution < -0.4 is 9.64 Å². The molecule has 0 fully saturated rings. The Hall–Kier alpha value is -2.62. The van der Waals surface area contributed by atoms with Crippen molar-refractivity contribution in [1.82, 2.24) is 0 Å². The molecule has 0 N–H and O–H groups in total. The van der Waals surface area contributed by atoms with Crippen LogP contribution in [0.5, 0.6) is 5.75 Å². The molecule has 1 heterocycles. The molecular formula is C18H17NO3. The van der Waals surface area contributed by atoms with Crippen molar-refractivity contribution in [2.75, 3.05) is 18.1 Å². The van der Waals surface area contributed by atoms with E-state index in [1.165, 1.54) is 0 Å². The van der Waals surface area contributed by atoms with Crippen molar-refractivity contribution in [1.29, 1.82) is 0 Å². The Labute approximate surface area is 129 Å². The molecule has 3 rings (SSSR count). The monoisotopic (exact) mass is 295 g/mol. The molecule has 1 aliphatic heterocycles. The standard InChI is InChI=1S/C18H17NO3/c1-13-5-4-6-14(11-13)22-12-18(21)19-10-9-17(20)15-7-2-3-8-16(15)19/h2-8,11H,9-10,12H2,1H3. The summed E-state index contributed by atoms with van der Waals surface area (Å²) < 4.78 is 5.57. The Morgan fingerprint density at radius 1 is 1.18 bits per heavy atom. The number of fused-ring (bicyclic) bond motifs is 1. The van der Waals surface area contributed by atoms with Gasteiger partial charge in [-0.05, 0) is 36.8 Å². The van der Waals surface area contributed by atoms with Gasteiger partial charge in [0.25, 0.3) is 5.91 Å². The molecule has 0 aliphatic carbocycles. The molecular weight excluding hydrogens is 278 g/mol. The minimum atomic E-state index is -0.138. The van der Waals surface area contributed by atoms with Gasteiger partial charge in [-0.1, -0.05) is 24.3 Å². The third-order valence-corrected chi connectivity index (χ3v) is 3.71. The predicted octanol–water partition coefficient (Wildman–Crippen LogP) is 2.99. The van der Waals surface area contributed by atoms with Gasteiger partial charge >= 0.3 is 0 Å². The molecule has 0 aromatic heterocycles. The zero-order valence-electron chi connectivity index (χ0n) is 12.4. The molecule has 4 nitrogen and oxygen atoms in total. The molecule has 2 aromatic rings. The number of para-hydroxylation sites is 1. The second-order valence-corrected chi connectivity index (χ2v) is 5.34. The molecule has 0 atom stereocenters. The van der Waals surface area contributed by atoms with Gasteiger partial charge < -0.3 is 9.64 Å². The summed E-state index contributed by atoms with van der Waals surface area (Å²) in [4.78, 5) is 25.9. The maximum Gasteiger partial charge on any atom is 0.264 e. The Kier molecular flexibility index (Phi) is 3.92. The molecule has 0 saturated heterocycles. The molecule has 0 radical (unpaired) electrons. The highest BCUT2D eigenvalue weighted by molar-refractivity contribution is 6.09. The summed E-state index contributed by atoms with van der Waals surface area (Å²) in [5.74, 6) is 0.621. The Morgan fingerprint density at radius 2 is 2.00 bits per heavy atom. The fourth-order valence-electron chi connectivity index (χ4n) is 2.60. The van der Waals surface area contributed by atoms with Gasteiger partial charge in [0.05, 0.1) is 5.69 Å². The SMILES string of the molecule is Cc1cccc(OCC(=O)N2CCC(=O)c3ccccc32)c1. The normalized spacial score (nSPS) is 13.7. The van der Waals surface area contributed by atoms with Crippen LogP contribution in [-0.4, -0.2) is 24.8 Å². The molecule has 112 valence electrons. The van der Waals surface area contributed by atoms with Crippen molar-refractivity contribution in [2.45, 2.75) is 13.3 Å². The fourth-order valence-corrected chi connectivity index (χ4v) is 2.60. The number of hydrogen-bond donors (Lipinski definition) is 0.